The van der Waals surface area contributed by atoms with E-state index in [1.807, 2.05) is 0 Å². The first-order valence-electron chi connectivity index (χ1n) is 7.74. The molecule has 1 saturated carbocycles. The highest BCUT2D eigenvalue weighted by Gasteiger charge is 2.41. The van der Waals surface area contributed by atoms with Crippen molar-refractivity contribution < 1.29 is 26.8 Å². The van der Waals surface area contributed by atoms with Gasteiger partial charge in [0.05, 0.1) is 0 Å². The van der Waals surface area contributed by atoms with Crippen LogP contribution < -0.4 is 0 Å². The second-order valence-corrected chi connectivity index (χ2v) is 6.32. The number of rotatable bonds is 4. The molecule has 1 atom stereocenters. The molecule has 2 aromatic rings. The van der Waals surface area contributed by atoms with Gasteiger partial charge in [-0.25, -0.2) is 4.39 Å². The Morgan fingerprint density at radius 1 is 1.38 bits per heavy atom. The number of amides is 1. The third-order valence-electron chi connectivity index (χ3n) is 4.50. The number of furan rings is 1. The lowest BCUT2D eigenvalue weighted by molar-refractivity contribution is -0.145. The van der Waals surface area contributed by atoms with Crippen LogP contribution in [0.25, 0.3) is 11.0 Å². The number of hydrogen-bond acceptors (Lipinski definition) is 2. The van der Waals surface area contributed by atoms with Crippen molar-refractivity contribution in [3.8, 4) is 0 Å². The van der Waals surface area contributed by atoms with Gasteiger partial charge in [-0.3, -0.25) is 4.79 Å². The second-order valence-electron chi connectivity index (χ2n) is 6.32. The third-order valence-corrected chi connectivity index (χ3v) is 4.50. The first-order chi connectivity index (χ1) is 11.2. The number of fused-ring (bicyclic) bond motifs is 1. The topological polar surface area (TPSA) is 33.5 Å². The van der Waals surface area contributed by atoms with E-state index in [1.165, 1.54) is 18.2 Å². The summed E-state index contributed by atoms with van der Waals surface area (Å²) >= 11 is 0. The van der Waals surface area contributed by atoms with Crippen molar-refractivity contribution in [3.05, 3.63) is 35.3 Å². The molecule has 0 unspecified atom stereocenters. The second kappa shape index (κ2) is 5.79. The van der Waals surface area contributed by atoms with Crippen LogP contribution in [0, 0.1) is 18.7 Å². The van der Waals surface area contributed by atoms with Gasteiger partial charge >= 0.3 is 6.18 Å². The Hall–Kier alpha value is -2.05. The van der Waals surface area contributed by atoms with Gasteiger partial charge in [0.2, 0.25) is 0 Å². The van der Waals surface area contributed by atoms with Crippen LogP contribution in [0.4, 0.5) is 17.6 Å². The minimum absolute atomic E-state index is 0.0819. The highest BCUT2D eigenvalue weighted by atomic mass is 19.4. The molecule has 7 heteroatoms. The molecule has 0 spiro atoms. The van der Waals surface area contributed by atoms with Crippen molar-refractivity contribution >= 4 is 16.9 Å². The molecular formula is C17H17F4NO2. The van der Waals surface area contributed by atoms with E-state index in [-0.39, 0.29) is 17.3 Å². The molecule has 1 aromatic heterocycles. The normalized spacial score (nSPS) is 16.4. The fourth-order valence-corrected chi connectivity index (χ4v) is 2.95. The Morgan fingerprint density at radius 3 is 2.62 bits per heavy atom. The summed E-state index contributed by atoms with van der Waals surface area (Å²) in [6, 6.07) is 3.24. The zero-order valence-corrected chi connectivity index (χ0v) is 13.3. The fourth-order valence-electron chi connectivity index (χ4n) is 2.95. The summed E-state index contributed by atoms with van der Waals surface area (Å²) in [7, 11) is 0. The summed E-state index contributed by atoms with van der Waals surface area (Å²) in [4.78, 5) is 13.5. The van der Waals surface area contributed by atoms with Crippen molar-refractivity contribution in [3.63, 3.8) is 0 Å². The number of carbonyl (C=O) groups excluding carboxylic acids is 1. The maximum absolute atomic E-state index is 13.4. The average Bonchev–Trinajstić information content (AvgIpc) is 3.29. The first-order valence-corrected chi connectivity index (χ1v) is 7.74. The summed E-state index contributed by atoms with van der Waals surface area (Å²) < 4.78 is 57.5. The number of benzene rings is 1. The molecule has 0 saturated heterocycles. The first kappa shape index (κ1) is 16.8. The summed E-state index contributed by atoms with van der Waals surface area (Å²) in [5, 5.41) is 0.393. The van der Waals surface area contributed by atoms with E-state index in [0.717, 1.165) is 17.7 Å². The highest BCUT2D eigenvalue weighted by molar-refractivity contribution is 5.99. The molecule has 1 amide bonds. The molecule has 0 radical (unpaired) electrons. The zero-order valence-electron chi connectivity index (χ0n) is 13.3. The molecule has 1 aromatic carbocycles. The molecule has 1 aliphatic rings. The monoisotopic (exact) mass is 343 g/mol. The van der Waals surface area contributed by atoms with Crippen LogP contribution in [0.1, 0.15) is 35.9 Å². The number of hydrogen-bond donors (Lipinski definition) is 0. The zero-order chi connectivity index (χ0) is 17.6. The van der Waals surface area contributed by atoms with Crippen LogP contribution in [0.5, 0.6) is 0 Å². The van der Waals surface area contributed by atoms with Crippen molar-refractivity contribution in [2.75, 3.05) is 6.54 Å². The number of aryl methyl sites for hydroxylation is 1. The maximum Gasteiger partial charge on any atom is 0.406 e. The SMILES string of the molecule is Cc1c(C(=O)N(CC(F)(F)F)[C@@H](C)C2CC2)oc2ccc(F)cc12. The minimum Gasteiger partial charge on any atom is -0.451 e. The fraction of sp³-hybridized carbons (Fsp3) is 0.471. The molecule has 3 rings (SSSR count). The number of carbonyl (C=O) groups is 1. The van der Waals surface area contributed by atoms with Crippen molar-refractivity contribution in [2.45, 2.75) is 38.9 Å². The molecule has 24 heavy (non-hydrogen) atoms. The average molecular weight is 343 g/mol. The molecule has 130 valence electrons. The van der Waals surface area contributed by atoms with Crippen LogP contribution >= 0.6 is 0 Å². The minimum atomic E-state index is -4.50. The van der Waals surface area contributed by atoms with Crippen LogP contribution in [0.3, 0.4) is 0 Å². The van der Waals surface area contributed by atoms with Gasteiger partial charge in [-0.1, -0.05) is 0 Å². The Morgan fingerprint density at radius 2 is 2.04 bits per heavy atom. The Kier molecular flexibility index (Phi) is 4.05. The number of alkyl halides is 3. The summed E-state index contributed by atoms with van der Waals surface area (Å²) in [5.74, 6) is -1.38. The van der Waals surface area contributed by atoms with Gasteiger partial charge in [0.15, 0.2) is 5.76 Å². The van der Waals surface area contributed by atoms with Crippen LogP contribution in [0.15, 0.2) is 22.6 Å². The lowest BCUT2D eigenvalue weighted by Crippen LogP contribution is -2.45. The molecule has 3 nitrogen and oxygen atoms in total. The third kappa shape index (κ3) is 3.25. The van der Waals surface area contributed by atoms with Gasteiger partial charge in [0.1, 0.15) is 17.9 Å². The van der Waals surface area contributed by atoms with Gasteiger partial charge in [0.25, 0.3) is 5.91 Å². The Balaban J connectivity index is 1.98. The van der Waals surface area contributed by atoms with Crippen LogP contribution in [-0.4, -0.2) is 29.6 Å². The summed E-state index contributed by atoms with van der Waals surface area (Å²) in [5.41, 5.74) is 0.632. The molecule has 0 aliphatic heterocycles. The lowest BCUT2D eigenvalue weighted by Gasteiger charge is -2.29. The van der Waals surface area contributed by atoms with E-state index in [0.29, 0.717) is 10.9 Å². The van der Waals surface area contributed by atoms with Gasteiger partial charge in [-0.2, -0.15) is 13.2 Å². The molecular weight excluding hydrogens is 326 g/mol. The Labute approximate surface area is 136 Å². The molecule has 1 aliphatic carbocycles. The summed E-state index contributed by atoms with van der Waals surface area (Å²) in [6.45, 7) is 1.85. The number of halogens is 4. The number of nitrogens with zero attached hydrogens (tertiary/aromatic N) is 1. The van der Waals surface area contributed by atoms with E-state index in [4.69, 9.17) is 4.42 Å². The molecule has 1 heterocycles. The highest BCUT2D eigenvalue weighted by Crippen LogP contribution is 2.37. The van der Waals surface area contributed by atoms with Crippen molar-refractivity contribution in [1.82, 2.24) is 4.90 Å². The maximum atomic E-state index is 13.4. The smallest absolute Gasteiger partial charge is 0.406 e. The van der Waals surface area contributed by atoms with Gasteiger partial charge in [0, 0.05) is 17.0 Å². The Bertz CT molecular complexity index is 777. The van der Waals surface area contributed by atoms with E-state index >= 15 is 0 Å². The predicted molar refractivity (Wildman–Crippen MR) is 80.2 cm³/mol. The van der Waals surface area contributed by atoms with E-state index in [2.05, 4.69) is 0 Å². The largest absolute Gasteiger partial charge is 0.451 e. The van der Waals surface area contributed by atoms with Crippen molar-refractivity contribution in [1.29, 1.82) is 0 Å². The van der Waals surface area contributed by atoms with Gasteiger partial charge in [-0.05, 0) is 50.8 Å². The standard InChI is InChI=1S/C17H17F4NO2/c1-9-13-7-12(18)5-6-14(13)24-15(9)16(23)22(8-17(19,20)21)10(2)11-3-4-11/h5-7,10-11H,3-4,8H2,1-2H3/t10-/m0/s1. The summed E-state index contributed by atoms with van der Waals surface area (Å²) in [6.07, 6.45) is -2.87. The van der Waals surface area contributed by atoms with Crippen LogP contribution in [0.2, 0.25) is 0 Å². The molecule has 0 N–H and O–H groups in total. The van der Waals surface area contributed by atoms with Gasteiger partial charge < -0.3 is 9.32 Å². The van der Waals surface area contributed by atoms with Crippen molar-refractivity contribution in [2.24, 2.45) is 5.92 Å². The van der Waals surface area contributed by atoms with E-state index in [1.54, 1.807) is 13.8 Å². The van der Waals surface area contributed by atoms with E-state index in [9.17, 15) is 22.4 Å². The van der Waals surface area contributed by atoms with Crippen LogP contribution in [-0.2, 0) is 0 Å². The van der Waals surface area contributed by atoms with E-state index < -0.39 is 30.5 Å². The molecule has 0 bridgehead atoms. The lowest BCUT2D eigenvalue weighted by atomic mass is 10.1. The van der Waals surface area contributed by atoms with Gasteiger partial charge in [-0.15, -0.1) is 0 Å². The molecule has 1 fully saturated rings. The predicted octanol–water partition coefficient (Wildman–Crippen LogP) is 4.68. The quantitative estimate of drug-likeness (QED) is 0.755.